The maximum absolute atomic E-state index is 12.2. The average Bonchev–Trinajstić information content (AvgIpc) is 2.07. The molecule has 0 unspecified atom stereocenters. The van der Waals surface area contributed by atoms with Gasteiger partial charge in [-0.15, -0.1) is 0 Å². The van der Waals surface area contributed by atoms with Crippen LogP contribution in [0.3, 0.4) is 0 Å². The molecule has 0 aromatic rings. The lowest BCUT2D eigenvalue weighted by atomic mass is 9.78. The van der Waals surface area contributed by atoms with E-state index in [-0.39, 0.29) is 0 Å². The van der Waals surface area contributed by atoms with Crippen molar-refractivity contribution in [2.45, 2.75) is 24.7 Å². The summed E-state index contributed by atoms with van der Waals surface area (Å²) in [6.07, 6.45) is -29.4. The molecule has 0 rings (SSSR count). The predicted octanol–water partition coefficient (Wildman–Crippen LogP) is 3.36. The number of hydrogen-bond acceptors (Lipinski definition) is 2. The number of halogens is 12. The molecule has 0 aliphatic rings. The molecular formula is C7F12O2. The Bertz CT molecular complexity index is 396. The quantitative estimate of drug-likeness (QED) is 0.569. The molecule has 0 bridgehead atoms. The lowest BCUT2D eigenvalue weighted by Gasteiger charge is -2.36. The van der Waals surface area contributed by atoms with Crippen molar-refractivity contribution in [3.05, 3.63) is 0 Å². The van der Waals surface area contributed by atoms with Crippen molar-refractivity contribution in [2.75, 3.05) is 0 Å². The van der Waals surface area contributed by atoms with Crippen LogP contribution in [0.1, 0.15) is 0 Å². The highest BCUT2D eigenvalue weighted by molar-refractivity contribution is 6.41. The Kier molecular flexibility index (Phi) is 4.42. The van der Waals surface area contributed by atoms with E-state index in [9.17, 15) is 62.3 Å². The van der Waals surface area contributed by atoms with Crippen LogP contribution in [0.4, 0.5) is 52.7 Å². The predicted molar refractivity (Wildman–Crippen MR) is 36.7 cm³/mol. The van der Waals surface area contributed by atoms with Crippen molar-refractivity contribution in [3.63, 3.8) is 0 Å². The van der Waals surface area contributed by atoms with Crippen LogP contribution < -0.4 is 0 Å². The van der Waals surface area contributed by atoms with Crippen LogP contribution in [0.25, 0.3) is 0 Å². The minimum atomic E-state index is -7.57. The zero-order valence-electron chi connectivity index (χ0n) is 8.85. The van der Waals surface area contributed by atoms with E-state index in [0.717, 1.165) is 0 Å². The average molecular weight is 344 g/mol. The summed E-state index contributed by atoms with van der Waals surface area (Å²) in [7, 11) is 0. The van der Waals surface area contributed by atoms with Gasteiger partial charge in [-0.2, -0.15) is 52.7 Å². The summed E-state index contributed by atoms with van der Waals surface area (Å²) in [5.41, 5.74) is -7.46. The van der Waals surface area contributed by atoms with Crippen molar-refractivity contribution >= 4 is 11.6 Å². The molecule has 0 aliphatic heterocycles. The molecule has 0 saturated heterocycles. The fraction of sp³-hybridized carbons (Fsp3) is 0.714. The number of Topliss-reactive ketones (excluding diaryl/α,β-unsaturated/α-hetero) is 2. The van der Waals surface area contributed by atoms with Gasteiger partial charge in [0.05, 0.1) is 0 Å². The summed E-state index contributed by atoms with van der Waals surface area (Å²) in [4.78, 5) is 20.7. The number of carbonyl (C=O) groups is 2. The second-order valence-electron chi connectivity index (χ2n) is 3.40. The molecule has 0 saturated carbocycles. The maximum atomic E-state index is 12.2. The highest BCUT2D eigenvalue weighted by Gasteiger charge is 2.89. The Morgan fingerprint density at radius 2 is 0.714 bits per heavy atom. The normalized spacial score (nSPS) is 15.0. The van der Waals surface area contributed by atoms with E-state index in [1.807, 2.05) is 0 Å². The Balaban J connectivity index is 6.61. The molecule has 0 spiro atoms. The molecule has 0 fully saturated rings. The first-order chi connectivity index (χ1) is 8.82. The first-order valence-corrected chi connectivity index (χ1v) is 4.18. The van der Waals surface area contributed by atoms with Gasteiger partial charge >= 0.3 is 35.9 Å². The van der Waals surface area contributed by atoms with Gasteiger partial charge in [-0.25, -0.2) is 0 Å². The van der Waals surface area contributed by atoms with E-state index in [4.69, 9.17) is 0 Å². The first-order valence-electron chi connectivity index (χ1n) is 4.18. The van der Waals surface area contributed by atoms with Gasteiger partial charge in [0.25, 0.3) is 0 Å². The summed E-state index contributed by atoms with van der Waals surface area (Å²) in [5.74, 6) is -9.14. The molecule has 14 heteroatoms. The lowest BCUT2D eigenvalue weighted by Crippen LogP contribution is -2.66. The van der Waals surface area contributed by atoms with Gasteiger partial charge in [0.15, 0.2) is 0 Å². The number of alkyl halides is 12. The number of hydrogen-bond donors (Lipinski definition) is 0. The highest BCUT2D eigenvalue weighted by atomic mass is 19.4. The van der Waals surface area contributed by atoms with Gasteiger partial charge in [-0.3, -0.25) is 9.59 Å². The largest absolute Gasteiger partial charge is 0.458 e. The van der Waals surface area contributed by atoms with E-state index < -0.39 is 41.7 Å². The third kappa shape index (κ3) is 2.92. The minimum Gasteiger partial charge on any atom is -0.289 e. The van der Waals surface area contributed by atoms with Crippen molar-refractivity contribution in [3.8, 4) is 0 Å². The molecule has 21 heavy (non-hydrogen) atoms. The smallest absolute Gasteiger partial charge is 0.289 e. The molecule has 0 heterocycles. The molecule has 0 radical (unpaired) electrons. The zero-order chi connectivity index (χ0) is 17.7. The van der Waals surface area contributed by atoms with Gasteiger partial charge in [0.1, 0.15) is 0 Å². The van der Waals surface area contributed by atoms with Crippen LogP contribution in [-0.2, 0) is 9.59 Å². The summed E-state index contributed by atoms with van der Waals surface area (Å²) in [5, 5.41) is 0. The van der Waals surface area contributed by atoms with Crippen molar-refractivity contribution in [1.82, 2.24) is 0 Å². The molecule has 0 aromatic heterocycles. The monoisotopic (exact) mass is 344 g/mol. The maximum Gasteiger partial charge on any atom is 0.458 e. The van der Waals surface area contributed by atoms with Gasteiger partial charge in [-0.1, -0.05) is 0 Å². The number of ketones is 2. The summed E-state index contributed by atoms with van der Waals surface area (Å²) >= 11 is 0. The highest BCUT2D eigenvalue weighted by Crippen LogP contribution is 2.60. The zero-order valence-corrected chi connectivity index (χ0v) is 8.85. The van der Waals surface area contributed by atoms with E-state index in [1.165, 1.54) is 0 Å². The molecule has 124 valence electrons. The van der Waals surface area contributed by atoms with E-state index in [2.05, 4.69) is 0 Å². The Morgan fingerprint density at radius 3 is 0.857 bits per heavy atom. The second kappa shape index (κ2) is 4.76. The molecule has 2 nitrogen and oxygen atoms in total. The van der Waals surface area contributed by atoms with Crippen molar-refractivity contribution < 1.29 is 62.3 Å². The van der Waals surface area contributed by atoms with Crippen molar-refractivity contribution in [1.29, 1.82) is 0 Å². The summed E-state index contributed by atoms with van der Waals surface area (Å²) in [6.45, 7) is 0. The number of carbonyl (C=O) groups excluding carboxylic acids is 2. The molecule has 0 aromatic carbocycles. The molecule has 0 N–H and O–H groups in total. The van der Waals surface area contributed by atoms with Gasteiger partial charge in [0, 0.05) is 0 Å². The SMILES string of the molecule is O=C(C(=O)C(C(F)(F)F)(C(F)(F)F)C(F)(F)F)C(F)(F)F. The fourth-order valence-electron chi connectivity index (χ4n) is 1.17. The van der Waals surface area contributed by atoms with Crippen LogP contribution in [0.5, 0.6) is 0 Å². The van der Waals surface area contributed by atoms with Crippen LogP contribution in [0.15, 0.2) is 0 Å². The van der Waals surface area contributed by atoms with Crippen LogP contribution in [0.2, 0.25) is 0 Å². The van der Waals surface area contributed by atoms with E-state index >= 15 is 0 Å². The van der Waals surface area contributed by atoms with E-state index in [1.54, 1.807) is 0 Å². The Morgan fingerprint density at radius 1 is 0.476 bits per heavy atom. The van der Waals surface area contributed by atoms with Gasteiger partial charge in [-0.05, 0) is 0 Å². The summed E-state index contributed by atoms with van der Waals surface area (Å²) in [6, 6.07) is 0. The Hall–Kier alpha value is -1.50. The molecule has 0 amide bonds. The first kappa shape index (κ1) is 19.5. The van der Waals surface area contributed by atoms with Crippen LogP contribution in [-0.4, -0.2) is 36.3 Å². The van der Waals surface area contributed by atoms with Crippen molar-refractivity contribution in [2.24, 2.45) is 5.41 Å². The Labute approximate surface area is 105 Å². The topological polar surface area (TPSA) is 34.1 Å². The molecule has 0 aliphatic carbocycles. The standard InChI is InChI=1S/C7F12O2/c8-4(9,10)2(21)1(20)3(5(11,12)13,6(14,15)16)7(17,18)19. The summed E-state index contributed by atoms with van der Waals surface area (Å²) < 4.78 is 145. The third-order valence-corrected chi connectivity index (χ3v) is 2.08. The minimum absolute atomic E-state index is 4.42. The van der Waals surface area contributed by atoms with E-state index in [0.29, 0.717) is 0 Å². The third-order valence-electron chi connectivity index (χ3n) is 2.08. The second-order valence-corrected chi connectivity index (χ2v) is 3.40. The van der Waals surface area contributed by atoms with Crippen LogP contribution >= 0.6 is 0 Å². The number of rotatable bonds is 2. The lowest BCUT2D eigenvalue weighted by molar-refractivity contribution is -0.405. The van der Waals surface area contributed by atoms with Gasteiger partial charge in [0.2, 0.25) is 5.78 Å². The van der Waals surface area contributed by atoms with Crippen LogP contribution in [0, 0.1) is 5.41 Å². The van der Waals surface area contributed by atoms with Gasteiger partial charge < -0.3 is 0 Å². The fourth-order valence-corrected chi connectivity index (χ4v) is 1.17. The molecule has 0 atom stereocenters. The molecular weight excluding hydrogens is 344 g/mol.